The van der Waals surface area contributed by atoms with E-state index in [2.05, 4.69) is 18.7 Å². The standard InChI is InChI=1S/C11H21NO/c1-6-7-8-10(12-13)11(4,5)9(2)3/h13H,2,6-8H2,1,3-5H3. The Balaban J connectivity index is 4.49. The predicted octanol–water partition coefficient (Wildman–Crippen LogP) is 3.61. The Morgan fingerprint density at radius 2 is 2.00 bits per heavy atom. The maximum atomic E-state index is 8.88. The lowest BCUT2D eigenvalue weighted by molar-refractivity contribution is 0.309. The van der Waals surface area contributed by atoms with E-state index >= 15 is 0 Å². The summed E-state index contributed by atoms with van der Waals surface area (Å²) < 4.78 is 0. The van der Waals surface area contributed by atoms with Crippen molar-refractivity contribution in [1.82, 2.24) is 0 Å². The largest absolute Gasteiger partial charge is 0.411 e. The smallest absolute Gasteiger partial charge is 0.0666 e. The molecule has 0 amide bonds. The van der Waals surface area contributed by atoms with Crippen LogP contribution >= 0.6 is 0 Å². The second-order valence-electron chi connectivity index (χ2n) is 4.06. The number of rotatable bonds is 5. The van der Waals surface area contributed by atoms with Crippen LogP contribution in [0.5, 0.6) is 0 Å². The average Bonchev–Trinajstić information content (AvgIpc) is 2.05. The number of hydrogen-bond acceptors (Lipinski definition) is 2. The van der Waals surface area contributed by atoms with E-state index in [0.29, 0.717) is 0 Å². The molecule has 0 radical (unpaired) electrons. The first kappa shape index (κ1) is 12.2. The van der Waals surface area contributed by atoms with Crippen molar-refractivity contribution in [3.05, 3.63) is 12.2 Å². The molecule has 0 bridgehead atoms. The average molecular weight is 183 g/mol. The van der Waals surface area contributed by atoms with E-state index in [1.807, 2.05) is 20.8 Å². The number of oxime groups is 1. The van der Waals surface area contributed by atoms with Gasteiger partial charge in [0.1, 0.15) is 0 Å². The third-order valence-electron chi connectivity index (χ3n) is 2.68. The fourth-order valence-corrected chi connectivity index (χ4v) is 1.08. The monoisotopic (exact) mass is 183 g/mol. The molecule has 2 nitrogen and oxygen atoms in total. The molecule has 0 aromatic carbocycles. The van der Waals surface area contributed by atoms with E-state index in [-0.39, 0.29) is 5.41 Å². The van der Waals surface area contributed by atoms with Gasteiger partial charge < -0.3 is 5.21 Å². The summed E-state index contributed by atoms with van der Waals surface area (Å²) in [5, 5.41) is 12.3. The Bertz CT molecular complexity index is 204. The fraction of sp³-hybridized carbons (Fsp3) is 0.727. The van der Waals surface area contributed by atoms with Crippen LogP contribution in [0.4, 0.5) is 0 Å². The molecule has 0 aliphatic rings. The van der Waals surface area contributed by atoms with Crippen molar-refractivity contribution < 1.29 is 5.21 Å². The second kappa shape index (κ2) is 5.05. The number of unbranched alkanes of at least 4 members (excludes halogenated alkanes) is 1. The molecular formula is C11H21NO. The highest BCUT2D eigenvalue weighted by Crippen LogP contribution is 2.28. The predicted molar refractivity (Wildman–Crippen MR) is 57.3 cm³/mol. The minimum Gasteiger partial charge on any atom is -0.411 e. The van der Waals surface area contributed by atoms with Crippen LogP contribution in [0.2, 0.25) is 0 Å². The van der Waals surface area contributed by atoms with E-state index in [4.69, 9.17) is 5.21 Å². The zero-order valence-electron chi connectivity index (χ0n) is 9.22. The van der Waals surface area contributed by atoms with Crippen molar-refractivity contribution in [3.8, 4) is 0 Å². The summed E-state index contributed by atoms with van der Waals surface area (Å²) in [6.45, 7) is 12.1. The van der Waals surface area contributed by atoms with Gasteiger partial charge in [0.15, 0.2) is 0 Å². The first-order valence-electron chi connectivity index (χ1n) is 4.84. The Labute approximate surface area is 81.3 Å². The molecule has 0 fully saturated rings. The molecule has 0 aliphatic carbocycles. The van der Waals surface area contributed by atoms with Crippen LogP contribution in [0.15, 0.2) is 17.3 Å². The molecule has 0 aromatic rings. The molecular weight excluding hydrogens is 162 g/mol. The van der Waals surface area contributed by atoms with Crippen molar-refractivity contribution in [3.63, 3.8) is 0 Å². The van der Waals surface area contributed by atoms with Crippen LogP contribution in [0.25, 0.3) is 0 Å². The molecule has 13 heavy (non-hydrogen) atoms. The van der Waals surface area contributed by atoms with Gasteiger partial charge in [-0.3, -0.25) is 0 Å². The van der Waals surface area contributed by atoms with Gasteiger partial charge >= 0.3 is 0 Å². The van der Waals surface area contributed by atoms with Crippen LogP contribution in [-0.2, 0) is 0 Å². The normalized spacial score (nSPS) is 13.1. The van der Waals surface area contributed by atoms with Crippen LogP contribution in [-0.4, -0.2) is 10.9 Å². The van der Waals surface area contributed by atoms with Gasteiger partial charge in [0.2, 0.25) is 0 Å². The highest BCUT2D eigenvalue weighted by molar-refractivity contribution is 5.91. The minimum atomic E-state index is -0.177. The van der Waals surface area contributed by atoms with Gasteiger partial charge in [-0.2, -0.15) is 0 Å². The molecule has 0 spiro atoms. The molecule has 0 unspecified atom stereocenters. The Morgan fingerprint density at radius 1 is 1.46 bits per heavy atom. The second-order valence-corrected chi connectivity index (χ2v) is 4.06. The van der Waals surface area contributed by atoms with Gasteiger partial charge in [0, 0.05) is 5.41 Å². The molecule has 1 N–H and O–H groups in total. The van der Waals surface area contributed by atoms with Gasteiger partial charge in [-0.15, -0.1) is 0 Å². The quantitative estimate of drug-likeness (QED) is 0.300. The lowest BCUT2D eigenvalue weighted by Crippen LogP contribution is -2.25. The lowest BCUT2D eigenvalue weighted by atomic mass is 9.79. The first-order valence-corrected chi connectivity index (χ1v) is 4.84. The van der Waals surface area contributed by atoms with Gasteiger partial charge in [-0.05, 0) is 19.8 Å². The van der Waals surface area contributed by atoms with Crippen LogP contribution in [0.1, 0.15) is 47.0 Å². The zero-order valence-corrected chi connectivity index (χ0v) is 9.22. The Hall–Kier alpha value is -0.790. The van der Waals surface area contributed by atoms with E-state index in [0.717, 1.165) is 30.5 Å². The minimum absolute atomic E-state index is 0.177. The number of hydrogen-bond donors (Lipinski definition) is 1. The van der Waals surface area contributed by atoms with E-state index in [1.54, 1.807) is 0 Å². The van der Waals surface area contributed by atoms with Crippen molar-refractivity contribution in [2.45, 2.75) is 47.0 Å². The maximum Gasteiger partial charge on any atom is 0.0666 e. The van der Waals surface area contributed by atoms with Crippen molar-refractivity contribution >= 4 is 5.71 Å². The molecule has 0 saturated heterocycles. The fourth-order valence-electron chi connectivity index (χ4n) is 1.08. The Kier molecular flexibility index (Phi) is 4.74. The molecule has 0 aromatic heterocycles. The highest BCUT2D eigenvalue weighted by atomic mass is 16.4. The molecule has 2 heteroatoms. The molecule has 76 valence electrons. The third kappa shape index (κ3) is 3.21. The van der Waals surface area contributed by atoms with Gasteiger partial charge in [0.25, 0.3) is 0 Å². The summed E-state index contributed by atoms with van der Waals surface area (Å²) in [5.41, 5.74) is 1.70. The topological polar surface area (TPSA) is 32.6 Å². The highest BCUT2D eigenvalue weighted by Gasteiger charge is 2.25. The summed E-state index contributed by atoms with van der Waals surface area (Å²) in [4.78, 5) is 0. The van der Waals surface area contributed by atoms with Crippen LogP contribution in [0.3, 0.4) is 0 Å². The molecule has 0 atom stereocenters. The molecule has 0 rings (SSSR count). The van der Waals surface area contributed by atoms with E-state index in [1.165, 1.54) is 0 Å². The van der Waals surface area contributed by atoms with Crippen molar-refractivity contribution in [2.75, 3.05) is 0 Å². The van der Waals surface area contributed by atoms with Gasteiger partial charge in [0.05, 0.1) is 5.71 Å². The number of nitrogens with zero attached hydrogens (tertiary/aromatic N) is 1. The lowest BCUT2D eigenvalue weighted by Gasteiger charge is -2.26. The van der Waals surface area contributed by atoms with Crippen LogP contribution < -0.4 is 0 Å². The third-order valence-corrected chi connectivity index (χ3v) is 2.68. The molecule has 0 aliphatic heterocycles. The van der Waals surface area contributed by atoms with Crippen molar-refractivity contribution in [2.24, 2.45) is 10.6 Å². The SMILES string of the molecule is C=C(C)C(C)(C)C(CCCC)=NO. The summed E-state index contributed by atoms with van der Waals surface area (Å²) in [6.07, 6.45) is 3.04. The number of allylic oxidation sites excluding steroid dienone is 1. The summed E-state index contributed by atoms with van der Waals surface area (Å²) >= 11 is 0. The van der Waals surface area contributed by atoms with Gasteiger partial charge in [-0.25, -0.2) is 0 Å². The Morgan fingerprint density at radius 3 is 2.31 bits per heavy atom. The van der Waals surface area contributed by atoms with E-state index < -0.39 is 0 Å². The molecule has 0 heterocycles. The first-order chi connectivity index (χ1) is 5.96. The summed E-state index contributed by atoms with van der Waals surface area (Å²) in [5.74, 6) is 0. The summed E-state index contributed by atoms with van der Waals surface area (Å²) in [7, 11) is 0. The molecule has 0 saturated carbocycles. The zero-order chi connectivity index (χ0) is 10.5. The van der Waals surface area contributed by atoms with Crippen molar-refractivity contribution in [1.29, 1.82) is 0 Å². The van der Waals surface area contributed by atoms with Crippen LogP contribution in [0, 0.1) is 5.41 Å². The summed E-state index contributed by atoms with van der Waals surface area (Å²) in [6, 6.07) is 0. The van der Waals surface area contributed by atoms with E-state index in [9.17, 15) is 0 Å². The van der Waals surface area contributed by atoms with Gasteiger partial charge in [-0.1, -0.05) is 44.5 Å². The maximum absolute atomic E-state index is 8.88.